The molecule has 3 unspecified atom stereocenters. The van der Waals surface area contributed by atoms with E-state index in [4.69, 9.17) is 11.6 Å². The van der Waals surface area contributed by atoms with Crippen molar-refractivity contribution < 1.29 is 4.79 Å². The van der Waals surface area contributed by atoms with Crippen LogP contribution < -0.4 is 5.32 Å². The van der Waals surface area contributed by atoms with Crippen LogP contribution in [0.2, 0.25) is 0 Å². The number of halogens is 1. The Hall–Kier alpha value is -1.02. The Morgan fingerprint density at radius 3 is 2.58 bits per heavy atom. The molecule has 1 amide bonds. The smallest absolute Gasteiger partial charge is 0.251 e. The number of alkyl halides is 1. The number of hydrogen-bond acceptors (Lipinski definition) is 1. The quantitative estimate of drug-likeness (QED) is 0.837. The highest BCUT2D eigenvalue weighted by atomic mass is 35.5. The average Bonchev–Trinajstić information content (AvgIpc) is 3.07. The zero-order valence-electron chi connectivity index (χ0n) is 11.1. The first-order valence-corrected chi connectivity index (χ1v) is 7.73. The second-order valence-corrected chi connectivity index (χ2v) is 6.24. The van der Waals surface area contributed by atoms with Gasteiger partial charge in [-0.3, -0.25) is 4.79 Å². The summed E-state index contributed by atoms with van der Waals surface area (Å²) in [6.45, 7) is 0.845. The highest BCUT2D eigenvalue weighted by Gasteiger charge is 2.39. The lowest BCUT2D eigenvalue weighted by atomic mass is 9.89. The topological polar surface area (TPSA) is 29.1 Å². The zero-order valence-corrected chi connectivity index (χ0v) is 11.8. The Labute approximate surface area is 119 Å². The molecule has 3 rings (SSSR count). The first kappa shape index (κ1) is 13.0. The summed E-state index contributed by atoms with van der Waals surface area (Å²) in [5.41, 5.74) is 1.78. The number of hydrogen-bond donors (Lipinski definition) is 1. The lowest BCUT2D eigenvalue weighted by molar-refractivity contribution is 0.0942. The molecule has 1 aromatic carbocycles. The van der Waals surface area contributed by atoms with Crippen molar-refractivity contribution in [2.75, 3.05) is 6.54 Å². The van der Waals surface area contributed by atoms with Gasteiger partial charge in [0.25, 0.3) is 5.91 Å². The molecule has 0 saturated heterocycles. The van der Waals surface area contributed by atoms with Crippen LogP contribution in [0, 0.1) is 17.8 Å². The van der Waals surface area contributed by atoms with Crippen molar-refractivity contribution >= 4 is 17.5 Å². The predicted octanol–water partition coefficient (Wildman–Crippen LogP) is 3.59. The van der Waals surface area contributed by atoms with Crippen molar-refractivity contribution in [1.29, 1.82) is 0 Å². The second-order valence-electron chi connectivity index (χ2n) is 5.98. The number of carbonyl (C=O) groups excluding carboxylic acids is 1. The van der Waals surface area contributed by atoms with Gasteiger partial charge in [-0.05, 0) is 54.7 Å². The third-order valence-corrected chi connectivity index (χ3v) is 5.09. The molecule has 102 valence electrons. The van der Waals surface area contributed by atoms with Crippen LogP contribution in [0.15, 0.2) is 24.3 Å². The summed E-state index contributed by atoms with van der Waals surface area (Å²) in [4.78, 5) is 12.1. The molecule has 1 aromatic rings. The van der Waals surface area contributed by atoms with E-state index >= 15 is 0 Å². The average molecular weight is 278 g/mol. The molecule has 0 spiro atoms. The number of rotatable bonds is 4. The van der Waals surface area contributed by atoms with E-state index in [-0.39, 0.29) is 5.91 Å². The number of fused-ring (bicyclic) bond motifs is 2. The minimum Gasteiger partial charge on any atom is -0.352 e. The Morgan fingerprint density at radius 2 is 2.00 bits per heavy atom. The minimum absolute atomic E-state index is 0.0453. The first-order valence-electron chi connectivity index (χ1n) is 7.19. The van der Waals surface area contributed by atoms with Gasteiger partial charge in [-0.15, -0.1) is 11.6 Å². The van der Waals surface area contributed by atoms with Gasteiger partial charge in [-0.1, -0.05) is 18.6 Å². The molecule has 0 radical (unpaired) electrons. The molecule has 2 nitrogen and oxygen atoms in total. The molecule has 2 aliphatic carbocycles. The standard InChI is InChI=1S/C16H20ClNO/c17-9-11-1-4-13(5-2-11)16(19)18-10-15-8-12-3-6-14(15)7-12/h1-2,4-5,12,14-15H,3,6-10H2,(H,18,19). The van der Waals surface area contributed by atoms with Crippen LogP contribution in [0.25, 0.3) is 0 Å². The van der Waals surface area contributed by atoms with E-state index in [1.807, 2.05) is 24.3 Å². The maximum Gasteiger partial charge on any atom is 0.251 e. The zero-order chi connectivity index (χ0) is 13.2. The van der Waals surface area contributed by atoms with Crippen LogP contribution in [0.5, 0.6) is 0 Å². The monoisotopic (exact) mass is 277 g/mol. The number of nitrogens with one attached hydrogen (secondary N) is 1. The van der Waals surface area contributed by atoms with Crippen LogP contribution in [0.4, 0.5) is 0 Å². The number of benzene rings is 1. The van der Waals surface area contributed by atoms with Crippen molar-refractivity contribution in [3.63, 3.8) is 0 Å². The molecule has 0 aromatic heterocycles. The molecule has 2 saturated carbocycles. The summed E-state index contributed by atoms with van der Waals surface area (Å²) in [6, 6.07) is 7.54. The maximum absolute atomic E-state index is 12.1. The van der Waals surface area contributed by atoms with E-state index in [2.05, 4.69) is 5.32 Å². The Bertz CT molecular complexity index is 456. The summed E-state index contributed by atoms with van der Waals surface area (Å²) < 4.78 is 0. The van der Waals surface area contributed by atoms with Gasteiger partial charge in [0.1, 0.15) is 0 Å². The largest absolute Gasteiger partial charge is 0.352 e. The third kappa shape index (κ3) is 2.79. The Kier molecular flexibility index (Phi) is 3.79. The van der Waals surface area contributed by atoms with Crippen LogP contribution in [0.3, 0.4) is 0 Å². The lowest BCUT2D eigenvalue weighted by Crippen LogP contribution is -2.31. The molecule has 19 heavy (non-hydrogen) atoms. The van der Waals surface area contributed by atoms with Crippen LogP contribution in [0.1, 0.15) is 41.6 Å². The van der Waals surface area contributed by atoms with Crippen molar-refractivity contribution in [2.45, 2.75) is 31.6 Å². The molecule has 3 heteroatoms. The number of amides is 1. The van der Waals surface area contributed by atoms with Crippen molar-refractivity contribution in [3.05, 3.63) is 35.4 Å². The summed E-state index contributed by atoms with van der Waals surface area (Å²) >= 11 is 5.74. The molecule has 2 fully saturated rings. The van der Waals surface area contributed by atoms with Gasteiger partial charge in [-0.2, -0.15) is 0 Å². The summed E-state index contributed by atoms with van der Waals surface area (Å²) in [6.07, 6.45) is 5.49. The van der Waals surface area contributed by atoms with E-state index in [9.17, 15) is 4.79 Å². The van der Waals surface area contributed by atoms with Gasteiger partial charge in [0.05, 0.1) is 0 Å². The first-order chi connectivity index (χ1) is 9.26. The van der Waals surface area contributed by atoms with Crippen LogP contribution >= 0.6 is 11.6 Å². The fourth-order valence-electron chi connectivity index (χ4n) is 3.70. The van der Waals surface area contributed by atoms with Gasteiger partial charge in [0, 0.05) is 18.0 Å². The van der Waals surface area contributed by atoms with Crippen molar-refractivity contribution in [1.82, 2.24) is 5.32 Å². The third-order valence-electron chi connectivity index (χ3n) is 4.78. The van der Waals surface area contributed by atoms with Crippen molar-refractivity contribution in [3.8, 4) is 0 Å². The highest BCUT2D eigenvalue weighted by Crippen LogP contribution is 2.47. The predicted molar refractivity (Wildman–Crippen MR) is 77.3 cm³/mol. The van der Waals surface area contributed by atoms with E-state index in [0.29, 0.717) is 11.8 Å². The normalized spacial score (nSPS) is 28.6. The minimum atomic E-state index is 0.0453. The summed E-state index contributed by atoms with van der Waals surface area (Å²) in [7, 11) is 0. The van der Waals surface area contributed by atoms with E-state index in [1.54, 1.807) is 0 Å². The van der Waals surface area contributed by atoms with Gasteiger partial charge < -0.3 is 5.32 Å². The second kappa shape index (κ2) is 5.54. The Morgan fingerprint density at radius 1 is 1.21 bits per heavy atom. The molecular weight excluding hydrogens is 258 g/mol. The Balaban J connectivity index is 1.53. The highest BCUT2D eigenvalue weighted by molar-refractivity contribution is 6.17. The van der Waals surface area contributed by atoms with Gasteiger partial charge in [0.2, 0.25) is 0 Å². The SMILES string of the molecule is O=C(NCC1CC2CCC1C2)c1ccc(CCl)cc1. The van der Waals surface area contributed by atoms with Gasteiger partial charge in [-0.25, -0.2) is 0 Å². The number of carbonyl (C=O) groups is 1. The fourth-order valence-corrected chi connectivity index (χ4v) is 3.88. The molecule has 2 aliphatic rings. The van der Waals surface area contributed by atoms with E-state index in [1.165, 1.54) is 25.7 Å². The maximum atomic E-state index is 12.1. The van der Waals surface area contributed by atoms with E-state index < -0.39 is 0 Å². The fraction of sp³-hybridized carbons (Fsp3) is 0.562. The summed E-state index contributed by atoms with van der Waals surface area (Å²) in [5.74, 6) is 3.06. The lowest BCUT2D eigenvalue weighted by Gasteiger charge is -2.21. The molecule has 0 heterocycles. The molecular formula is C16H20ClNO. The van der Waals surface area contributed by atoms with Crippen LogP contribution in [-0.2, 0) is 5.88 Å². The molecule has 2 bridgehead atoms. The van der Waals surface area contributed by atoms with Gasteiger partial charge >= 0.3 is 0 Å². The van der Waals surface area contributed by atoms with E-state index in [0.717, 1.165) is 29.5 Å². The van der Waals surface area contributed by atoms with Crippen molar-refractivity contribution in [2.24, 2.45) is 17.8 Å². The molecule has 3 atom stereocenters. The van der Waals surface area contributed by atoms with Gasteiger partial charge in [0.15, 0.2) is 0 Å². The molecule has 0 aliphatic heterocycles. The summed E-state index contributed by atoms with van der Waals surface area (Å²) in [5, 5.41) is 3.09. The molecule has 1 N–H and O–H groups in total. The van der Waals surface area contributed by atoms with Crippen LogP contribution in [-0.4, -0.2) is 12.5 Å².